The number of anilines is 2. The van der Waals surface area contributed by atoms with Crippen LogP contribution in [0.2, 0.25) is 5.02 Å². The fourth-order valence-electron chi connectivity index (χ4n) is 1.68. The van der Waals surface area contributed by atoms with Gasteiger partial charge in [0.25, 0.3) is 0 Å². The maximum atomic E-state index is 6.20. The summed E-state index contributed by atoms with van der Waals surface area (Å²) in [4.78, 5) is 0. The van der Waals surface area contributed by atoms with E-state index in [1.54, 1.807) is 0 Å². The molecule has 1 nitrogen and oxygen atoms in total. The second-order valence-electron chi connectivity index (χ2n) is 3.85. The van der Waals surface area contributed by atoms with Crippen LogP contribution in [0.1, 0.15) is 11.1 Å². The van der Waals surface area contributed by atoms with Gasteiger partial charge in [-0.1, -0.05) is 57.9 Å². The molecule has 0 bridgehead atoms. The second kappa shape index (κ2) is 5.56. The third kappa shape index (κ3) is 2.82. The van der Waals surface area contributed by atoms with Gasteiger partial charge in [-0.25, -0.2) is 0 Å². The number of halogens is 2. The molecular formula is C14H13BrClN. The Morgan fingerprint density at radius 2 is 1.88 bits per heavy atom. The number of aryl methyl sites for hydroxylation is 1. The molecule has 0 radical (unpaired) electrons. The number of hydrogen-bond donors (Lipinski definition) is 1. The van der Waals surface area contributed by atoms with Crippen LogP contribution in [0.15, 0.2) is 42.5 Å². The zero-order chi connectivity index (χ0) is 12.3. The monoisotopic (exact) mass is 309 g/mol. The lowest BCUT2D eigenvalue weighted by atomic mass is 10.1. The van der Waals surface area contributed by atoms with Crippen molar-refractivity contribution in [3.8, 4) is 0 Å². The van der Waals surface area contributed by atoms with E-state index in [-0.39, 0.29) is 0 Å². The summed E-state index contributed by atoms with van der Waals surface area (Å²) in [6, 6.07) is 14.1. The zero-order valence-electron chi connectivity index (χ0n) is 9.50. The highest BCUT2D eigenvalue weighted by Gasteiger charge is 2.06. The molecule has 3 heteroatoms. The van der Waals surface area contributed by atoms with Crippen molar-refractivity contribution >= 4 is 38.9 Å². The van der Waals surface area contributed by atoms with E-state index < -0.39 is 0 Å². The third-order valence-corrected chi connectivity index (χ3v) is 3.56. The van der Waals surface area contributed by atoms with Crippen LogP contribution >= 0.6 is 27.5 Å². The van der Waals surface area contributed by atoms with E-state index >= 15 is 0 Å². The highest BCUT2D eigenvalue weighted by molar-refractivity contribution is 9.08. The molecule has 2 aromatic carbocycles. The Bertz CT molecular complexity index is 505. The quantitative estimate of drug-likeness (QED) is 0.760. The summed E-state index contributed by atoms with van der Waals surface area (Å²) >= 11 is 9.69. The average molecular weight is 311 g/mol. The first-order valence-electron chi connectivity index (χ1n) is 5.38. The van der Waals surface area contributed by atoms with Crippen LogP contribution in [0.5, 0.6) is 0 Å². The summed E-state index contributed by atoms with van der Waals surface area (Å²) in [6.07, 6.45) is 0. The second-order valence-corrected chi connectivity index (χ2v) is 4.82. The molecule has 0 unspecified atom stereocenters. The lowest BCUT2D eigenvalue weighted by molar-refractivity contribution is 1.38. The first-order chi connectivity index (χ1) is 8.22. The summed E-state index contributed by atoms with van der Waals surface area (Å²) < 4.78 is 0. The fourth-order valence-corrected chi connectivity index (χ4v) is 2.44. The molecule has 0 aromatic heterocycles. The van der Waals surface area contributed by atoms with Crippen molar-refractivity contribution in [3.63, 3.8) is 0 Å². The van der Waals surface area contributed by atoms with Gasteiger partial charge in [0, 0.05) is 11.0 Å². The maximum Gasteiger partial charge on any atom is 0.0643 e. The molecule has 2 aromatic rings. The van der Waals surface area contributed by atoms with Crippen LogP contribution in [0, 0.1) is 6.92 Å². The molecule has 0 aliphatic carbocycles. The Labute approximate surface area is 115 Å². The molecule has 2 rings (SSSR count). The van der Waals surface area contributed by atoms with Gasteiger partial charge in [0.15, 0.2) is 0 Å². The smallest absolute Gasteiger partial charge is 0.0643 e. The van der Waals surface area contributed by atoms with Gasteiger partial charge >= 0.3 is 0 Å². The van der Waals surface area contributed by atoms with E-state index in [1.807, 2.05) is 37.3 Å². The fraction of sp³-hybridized carbons (Fsp3) is 0.143. The average Bonchev–Trinajstić information content (AvgIpc) is 2.34. The van der Waals surface area contributed by atoms with Crippen LogP contribution in [0.4, 0.5) is 11.4 Å². The largest absolute Gasteiger partial charge is 0.354 e. The predicted octanol–water partition coefficient (Wildman–Crippen LogP) is 5.29. The molecule has 0 heterocycles. The van der Waals surface area contributed by atoms with Gasteiger partial charge in [0.2, 0.25) is 0 Å². The minimum absolute atomic E-state index is 0.745. The minimum atomic E-state index is 0.745. The topological polar surface area (TPSA) is 12.0 Å². The SMILES string of the molecule is Cc1cccc(Cl)c1Nc1ccccc1CBr. The highest BCUT2D eigenvalue weighted by Crippen LogP contribution is 2.30. The summed E-state index contributed by atoms with van der Waals surface area (Å²) in [6.45, 7) is 2.05. The van der Waals surface area contributed by atoms with Crippen molar-refractivity contribution in [1.82, 2.24) is 0 Å². The zero-order valence-corrected chi connectivity index (χ0v) is 11.8. The van der Waals surface area contributed by atoms with Crippen molar-refractivity contribution in [2.75, 3.05) is 5.32 Å². The molecule has 1 N–H and O–H groups in total. The molecule has 0 aliphatic heterocycles. The molecule has 0 atom stereocenters. The number of rotatable bonds is 3. The summed E-state index contributed by atoms with van der Waals surface area (Å²) in [5, 5.41) is 4.96. The predicted molar refractivity (Wildman–Crippen MR) is 78.5 cm³/mol. The molecule has 0 saturated heterocycles. The van der Waals surface area contributed by atoms with Gasteiger partial charge in [0.05, 0.1) is 10.7 Å². The van der Waals surface area contributed by atoms with Crippen molar-refractivity contribution in [3.05, 3.63) is 58.6 Å². The van der Waals surface area contributed by atoms with Crippen LogP contribution in [-0.2, 0) is 5.33 Å². The Kier molecular flexibility index (Phi) is 4.08. The van der Waals surface area contributed by atoms with Crippen molar-refractivity contribution < 1.29 is 0 Å². The lowest BCUT2D eigenvalue weighted by Gasteiger charge is -2.14. The normalized spacial score (nSPS) is 10.3. The van der Waals surface area contributed by atoms with E-state index in [4.69, 9.17) is 11.6 Å². The number of nitrogens with one attached hydrogen (secondary N) is 1. The van der Waals surface area contributed by atoms with Gasteiger partial charge in [-0.2, -0.15) is 0 Å². The summed E-state index contributed by atoms with van der Waals surface area (Å²) in [5.74, 6) is 0. The maximum absolute atomic E-state index is 6.20. The van der Waals surface area contributed by atoms with Crippen LogP contribution < -0.4 is 5.32 Å². The number of benzene rings is 2. The van der Waals surface area contributed by atoms with Gasteiger partial charge in [-0.3, -0.25) is 0 Å². The van der Waals surface area contributed by atoms with E-state index in [0.717, 1.165) is 27.3 Å². The van der Waals surface area contributed by atoms with Gasteiger partial charge in [-0.15, -0.1) is 0 Å². The van der Waals surface area contributed by atoms with Gasteiger partial charge in [0.1, 0.15) is 0 Å². The lowest BCUT2D eigenvalue weighted by Crippen LogP contribution is -1.97. The molecule has 0 saturated carbocycles. The molecule has 0 spiro atoms. The Morgan fingerprint density at radius 1 is 1.12 bits per heavy atom. The molecule has 0 fully saturated rings. The van der Waals surface area contributed by atoms with Crippen LogP contribution in [-0.4, -0.2) is 0 Å². The van der Waals surface area contributed by atoms with E-state index in [2.05, 4.69) is 33.4 Å². The Morgan fingerprint density at radius 3 is 2.59 bits per heavy atom. The minimum Gasteiger partial charge on any atom is -0.354 e. The first-order valence-corrected chi connectivity index (χ1v) is 6.88. The van der Waals surface area contributed by atoms with Crippen molar-refractivity contribution in [1.29, 1.82) is 0 Å². The number of alkyl halides is 1. The van der Waals surface area contributed by atoms with Crippen LogP contribution in [0.25, 0.3) is 0 Å². The Balaban J connectivity index is 2.38. The van der Waals surface area contributed by atoms with Crippen molar-refractivity contribution in [2.45, 2.75) is 12.3 Å². The molecule has 17 heavy (non-hydrogen) atoms. The van der Waals surface area contributed by atoms with Crippen molar-refractivity contribution in [2.24, 2.45) is 0 Å². The van der Waals surface area contributed by atoms with E-state index in [9.17, 15) is 0 Å². The molecule has 0 amide bonds. The Hall–Kier alpha value is -0.990. The first kappa shape index (κ1) is 12.5. The van der Waals surface area contributed by atoms with Crippen LogP contribution in [0.3, 0.4) is 0 Å². The number of hydrogen-bond acceptors (Lipinski definition) is 1. The summed E-state index contributed by atoms with van der Waals surface area (Å²) in [5.41, 5.74) is 4.41. The molecule has 88 valence electrons. The number of para-hydroxylation sites is 2. The van der Waals surface area contributed by atoms with E-state index in [0.29, 0.717) is 0 Å². The highest BCUT2D eigenvalue weighted by atomic mass is 79.9. The standard InChI is InChI=1S/C14H13BrClN/c1-10-5-4-7-12(16)14(10)17-13-8-3-2-6-11(13)9-15/h2-8,17H,9H2,1H3. The molecule has 0 aliphatic rings. The van der Waals surface area contributed by atoms with Gasteiger partial charge < -0.3 is 5.32 Å². The molecular weight excluding hydrogens is 298 g/mol. The van der Waals surface area contributed by atoms with E-state index in [1.165, 1.54) is 5.56 Å². The third-order valence-electron chi connectivity index (χ3n) is 2.64. The van der Waals surface area contributed by atoms with Gasteiger partial charge in [-0.05, 0) is 30.2 Å². The summed E-state index contributed by atoms with van der Waals surface area (Å²) in [7, 11) is 0.